The number of aromatic amines is 1. The predicted molar refractivity (Wildman–Crippen MR) is 110 cm³/mol. The molecule has 0 aliphatic heterocycles. The molecule has 0 spiro atoms. The molecule has 0 radical (unpaired) electrons. The van der Waals surface area contributed by atoms with Crippen LogP contribution in [0.2, 0.25) is 0 Å². The number of benzene rings is 2. The summed E-state index contributed by atoms with van der Waals surface area (Å²) < 4.78 is 16.3. The zero-order chi connectivity index (χ0) is 20.2. The molecule has 0 aliphatic carbocycles. The topological polar surface area (TPSA) is 67.7 Å². The number of hydrogen-bond acceptors (Lipinski definition) is 4. The van der Waals surface area contributed by atoms with Crippen LogP contribution >= 0.6 is 0 Å². The molecular weight excluding hydrogens is 368 g/mol. The predicted octanol–water partition coefficient (Wildman–Crippen LogP) is 4.62. The summed E-state index contributed by atoms with van der Waals surface area (Å²) in [4.78, 5) is 18.3. The van der Waals surface area contributed by atoms with Gasteiger partial charge in [0.05, 0.1) is 32.5 Å². The smallest absolute Gasteiger partial charge is 0.271 e. The van der Waals surface area contributed by atoms with Crippen LogP contribution in [0.25, 0.3) is 10.9 Å². The van der Waals surface area contributed by atoms with Crippen molar-refractivity contribution in [2.24, 2.45) is 0 Å². The SMILES string of the molecule is COc1ccc2[nH]c(C(=O)N(Cc3ccccc3)Cc3ccco3)cc2c1OC. The van der Waals surface area contributed by atoms with E-state index < -0.39 is 0 Å². The molecule has 4 aromatic rings. The third kappa shape index (κ3) is 3.82. The molecule has 6 heteroatoms. The van der Waals surface area contributed by atoms with E-state index in [0.29, 0.717) is 30.3 Å². The third-order valence-electron chi connectivity index (χ3n) is 4.80. The van der Waals surface area contributed by atoms with Gasteiger partial charge in [-0.2, -0.15) is 0 Å². The Labute approximate surface area is 168 Å². The summed E-state index contributed by atoms with van der Waals surface area (Å²) in [6.07, 6.45) is 1.61. The number of nitrogens with zero attached hydrogens (tertiary/aromatic N) is 1. The van der Waals surface area contributed by atoms with Gasteiger partial charge in [-0.25, -0.2) is 0 Å². The van der Waals surface area contributed by atoms with E-state index in [2.05, 4.69) is 4.98 Å². The zero-order valence-electron chi connectivity index (χ0n) is 16.3. The van der Waals surface area contributed by atoms with E-state index in [-0.39, 0.29) is 5.91 Å². The Kier molecular flexibility index (Phi) is 5.24. The normalized spacial score (nSPS) is 10.8. The fraction of sp³-hybridized carbons (Fsp3) is 0.174. The van der Waals surface area contributed by atoms with Crippen LogP contribution in [-0.2, 0) is 13.1 Å². The number of nitrogens with one attached hydrogen (secondary N) is 1. The molecular formula is C23H22N2O4. The highest BCUT2D eigenvalue weighted by Gasteiger charge is 2.21. The van der Waals surface area contributed by atoms with Crippen molar-refractivity contribution in [3.63, 3.8) is 0 Å². The number of furan rings is 1. The molecule has 148 valence electrons. The Morgan fingerprint density at radius 3 is 2.52 bits per heavy atom. The number of hydrogen-bond donors (Lipinski definition) is 1. The summed E-state index contributed by atoms with van der Waals surface area (Å²) in [5.74, 6) is 1.82. The molecule has 1 amide bonds. The van der Waals surface area contributed by atoms with Gasteiger partial charge in [-0.1, -0.05) is 30.3 Å². The lowest BCUT2D eigenvalue weighted by molar-refractivity contribution is 0.0712. The summed E-state index contributed by atoms with van der Waals surface area (Å²) in [5, 5.41) is 0.799. The quantitative estimate of drug-likeness (QED) is 0.500. The van der Waals surface area contributed by atoms with Gasteiger partial charge in [0, 0.05) is 11.9 Å². The van der Waals surface area contributed by atoms with Crippen LogP contribution in [0.3, 0.4) is 0 Å². The number of amides is 1. The second-order valence-electron chi connectivity index (χ2n) is 6.67. The first-order valence-corrected chi connectivity index (χ1v) is 9.29. The van der Waals surface area contributed by atoms with Gasteiger partial charge in [0.25, 0.3) is 5.91 Å². The minimum absolute atomic E-state index is 0.123. The summed E-state index contributed by atoms with van der Waals surface area (Å²) in [6, 6.07) is 19.1. The monoisotopic (exact) mass is 390 g/mol. The van der Waals surface area contributed by atoms with E-state index in [4.69, 9.17) is 13.9 Å². The minimum Gasteiger partial charge on any atom is -0.493 e. The number of rotatable bonds is 7. The van der Waals surface area contributed by atoms with Crippen LogP contribution in [-0.4, -0.2) is 30.0 Å². The third-order valence-corrected chi connectivity index (χ3v) is 4.80. The molecule has 0 fully saturated rings. The minimum atomic E-state index is -0.123. The average molecular weight is 390 g/mol. The number of fused-ring (bicyclic) bond motifs is 1. The summed E-state index contributed by atoms with van der Waals surface area (Å²) in [7, 11) is 3.18. The molecule has 0 saturated heterocycles. The van der Waals surface area contributed by atoms with Gasteiger partial charge >= 0.3 is 0 Å². The first kappa shape index (κ1) is 18.7. The van der Waals surface area contributed by atoms with E-state index in [1.807, 2.05) is 54.6 Å². The molecule has 0 unspecified atom stereocenters. The van der Waals surface area contributed by atoms with E-state index >= 15 is 0 Å². The maximum atomic E-state index is 13.4. The summed E-state index contributed by atoms with van der Waals surface area (Å²) in [5.41, 5.74) is 2.33. The van der Waals surface area contributed by atoms with Crippen LogP contribution in [0, 0.1) is 0 Å². The molecule has 4 rings (SSSR count). The first-order chi connectivity index (χ1) is 14.2. The number of ether oxygens (including phenoxy) is 2. The Hall–Kier alpha value is -3.67. The molecule has 0 saturated carbocycles. The number of methoxy groups -OCH3 is 2. The second kappa shape index (κ2) is 8.14. The molecule has 29 heavy (non-hydrogen) atoms. The largest absolute Gasteiger partial charge is 0.493 e. The molecule has 6 nitrogen and oxygen atoms in total. The Morgan fingerprint density at radius 2 is 1.83 bits per heavy atom. The van der Waals surface area contributed by atoms with Gasteiger partial charge in [0.1, 0.15) is 11.5 Å². The van der Waals surface area contributed by atoms with Crippen molar-refractivity contribution in [2.75, 3.05) is 14.2 Å². The van der Waals surface area contributed by atoms with Crippen molar-refractivity contribution in [1.82, 2.24) is 9.88 Å². The highest BCUT2D eigenvalue weighted by molar-refractivity contribution is 6.00. The fourth-order valence-electron chi connectivity index (χ4n) is 3.41. The Morgan fingerprint density at radius 1 is 1.00 bits per heavy atom. The number of carbonyl (C=O) groups is 1. The van der Waals surface area contributed by atoms with Crippen molar-refractivity contribution >= 4 is 16.8 Å². The van der Waals surface area contributed by atoms with Crippen molar-refractivity contribution in [3.05, 3.63) is 83.9 Å². The lowest BCUT2D eigenvalue weighted by atomic mass is 10.2. The Balaban J connectivity index is 1.69. The van der Waals surface area contributed by atoms with Gasteiger partial charge in [-0.05, 0) is 35.9 Å². The van der Waals surface area contributed by atoms with Gasteiger partial charge in [-0.15, -0.1) is 0 Å². The van der Waals surface area contributed by atoms with Crippen molar-refractivity contribution in [2.45, 2.75) is 13.1 Å². The van der Waals surface area contributed by atoms with Crippen LogP contribution in [0.15, 0.2) is 71.3 Å². The lowest BCUT2D eigenvalue weighted by Crippen LogP contribution is -2.30. The van der Waals surface area contributed by atoms with E-state index in [1.165, 1.54) is 0 Å². The maximum absolute atomic E-state index is 13.4. The van der Waals surface area contributed by atoms with Crippen LogP contribution < -0.4 is 9.47 Å². The van der Waals surface area contributed by atoms with Crippen molar-refractivity contribution in [1.29, 1.82) is 0 Å². The number of aromatic nitrogens is 1. The second-order valence-corrected chi connectivity index (χ2v) is 6.67. The highest BCUT2D eigenvalue weighted by atomic mass is 16.5. The molecule has 2 aromatic heterocycles. The summed E-state index contributed by atoms with van der Waals surface area (Å²) in [6.45, 7) is 0.840. The average Bonchev–Trinajstić information content (AvgIpc) is 3.42. The fourth-order valence-corrected chi connectivity index (χ4v) is 3.41. The van der Waals surface area contributed by atoms with Gasteiger partial charge in [0.15, 0.2) is 11.5 Å². The molecule has 0 atom stereocenters. The molecule has 2 heterocycles. The van der Waals surface area contributed by atoms with E-state index in [0.717, 1.165) is 22.2 Å². The van der Waals surface area contributed by atoms with Crippen LogP contribution in [0.4, 0.5) is 0 Å². The standard InChI is InChI=1S/C23H22N2O4/c1-27-21-11-10-19-18(22(21)28-2)13-20(24-19)23(26)25(15-17-9-6-12-29-17)14-16-7-4-3-5-8-16/h3-13,24H,14-15H2,1-2H3. The maximum Gasteiger partial charge on any atom is 0.271 e. The van der Waals surface area contributed by atoms with E-state index in [1.54, 1.807) is 31.4 Å². The molecule has 1 N–H and O–H groups in total. The van der Waals surface area contributed by atoms with Gasteiger partial charge in [-0.3, -0.25) is 4.79 Å². The Bertz CT molecular complexity index is 1100. The zero-order valence-corrected chi connectivity index (χ0v) is 16.3. The lowest BCUT2D eigenvalue weighted by Gasteiger charge is -2.21. The molecule has 0 aliphatic rings. The van der Waals surface area contributed by atoms with Crippen LogP contribution in [0.1, 0.15) is 21.8 Å². The highest BCUT2D eigenvalue weighted by Crippen LogP contribution is 2.36. The summed E-state index contributed by atoms with van der Waals surface area (Å²) >= 11 is 0. The van der Waals surface area contributed by atoms with Gasteiger partial charge < -0.3 is 23.8 Å². The van der Waals surface area contributed by atoms with Crippen molar-refractivity contribution in [3.8, 4) is 11.5 Å². The van der Waals surface area contributed by atoms with E-state index in [9.17, 15) is 4.79 Å². The first-order valence-electron chi connectivity index (χ1n) is 9.29. The van der Waals surface area contributed by atoms with Crippen LogP contribution in [0.5, 0.6) is 11.5 Å². The van der Waals surface area contributed by atoms with Gasteiger partial charge in [0.2, 0.25) is 0 Å². The molecule has 2 aromatic carbocycles. The van der Waals surface area contributed by atoms with Crippen molar-refractivity contribution < 1.29 is 18.7 Å². The number of carbonyl (C=O) groups excluding carboxylic acids is 1. The number of H-pyrrole nitrogens is 1. The molecule has 0 bridgehead atoms.